The van der Waals surface area contributed by atoms with E-state index in [1.165, 1.54) is 5.69 Å². The molecule has 0 amide bonds. The summed E-state index contributed by atoms with van der Waals surface area (Å²) in [4.78, 5) is 15.1. The summed E-state index contributed by atoms with van der Waals surface area (Å²) in [5.74, 6) is 0. The van der Waals surface area contributed by atoms with Crippen LogP contribution in [0.5, 0.6) is 0 Å². The molecule has 1 radical (unpaired) electrons. The Bertz CT molecular complexity index is 555. The second kappa shape index (κ2) is 5.06. The Labute approximate surface area is 127 Å². The molecule has 3 heterocycles. The van der Waals surface area contributed by atoms with Crippen molar-refractivity contribution in [2.24, 2.45) is 5.41 Å². The molecule has 0 aliphatic carbocycles. The zero-order valence-electron chi connectivity index (χ0n) is 11.3. The Kier molecular flexibility index (Phi) is 3.79. The second-order valence-corrected chi connectivity index (χ2v) is 5.79. The van der Waals surface area contributed by atoms with E-state index in [9.17, 15) is 0 Å². The fourth-order valence-electron chi connectivity index (χ4n) is 2.53. The summed E-state index contributed by atoms with van der Waals surface area (Å²) in [7, 11) is 0. The molecule has 19 heavy (non-hydrogen) atoms. The molecule has 0 atom stereocenters. The molecule has 0 bridgehead atoms. The van der Waals surface area contributed by atoms with E-state index in [-0.39, 0.29) is 20.1 Å². The first-order chi connectivity index (χ1) is 8.55. The zero-order chi connectivity index (χ0) is 12.8. The summed E-state index contributed by atoms with van der Waals surface area (Å²) in [5.41, 5.74) is 4.57. The van der Waals surface area contributed by atoms with Crippen LogP contribution in [-0.4, -0.2) is 23.1 Å². The molecule has 5 heteroatoms. The van der Waals surface area contributed by atoms with Gasteiger partial charge >= 0.3 is 0 Å². The zero-order valence-corrected chi connectivity index (χ0v) is 13.7. The van der Waals surface area contributed by atoms with Crippen molar-refractivity contribution in [1.29, 1.82) is 0 Å². The van der Waals surface area contributed by atoms with Gasteiger partial charge in [0.1, 0.15) is 0 Å². The molecule has 1 saturated heterocycles. The van der Waals surface area contributed by atoms with E-state index >= 15 is 0 Å². The molecule has 2 aromatic heterocycles. The van der Waals surface area contributed by atoms with Gasteiger partial charge in [0.05, 0.1) is 17.6 Å². The topological polar surface area (TPSA) is 43.1 Å². The van der Waals surface area contributed by atoms with Crippen LogP contribution in [0.2, 0.25) is 0 Å². The van der Waals surface area contributed by atoms with Crippen molar-refractivity contribution in [2.45, 2.75) is 20.8 Å². The molecule has 3 rings (SSSR count). The molecule has 2 aromatic rings. The standard InChI is InChI=1S/C14H17N4.Ir/c1-10-4-11(18-7-14(2,3)8-18)5-16-13(10)12-6-15-9-17-12;/h4-6,9H,7-8H2,1-3H3;/q-1;. The van der Waals surface area contributed by atoms with Crippen molar-refractivity contribution in [1.82, 2.24) is 15.0 Å². The minimum atomic E-state index is 0. The van der Waals surface area contributed by atoms with Gasteiger partial charge in [-0.3, -0.25) is 4.98 Å². The van der Waals surface area contributed by atoms with Crippen LogP contribution in [-0.2, 0) is 20.1 Å². The van der Waals surface area contributed by atoms with Gasteiger partial charge in [0, 0.05) is 33.2 Å². The molecular weight excluding hydrogens is 416 g/mol. The largest absolute Gasteiger partial charge is 0.449 e. The smallest absolute Gasteiger partial charge is 0.0688 e. The number of aryl methyl sites for hydroxylation is 1. The summed E-state index contributed by atoms with van der Waals surface area (Å²) in [6, 6.07) is 2.19. The van der Waals surface area contributed by atoms with Crippen molar-refractivity contribution in [3.63, 3.8) is 0 Å². The Hall–Kier alpha value is -1.19. The van der Waals surface area contributed by atoms with Crippen LogP contribution in [0.25, 0.3) is 11.4 Å². The van der Waals surface area contributed by atoms with Crippen molar-refractivity contribution in [3.05, 3.63) is 30.4 Å². The van der Waals surface area contributed by atoms with Gasteiger partial charge in [-0.15, -0.1) is 0 Å². The van der Waals surface area contributed by atoms with Crippen LogP contribution in [0.4, 0.5) is 5.69 Å². The van der Waals surface area contributed by atoms with E-state index in [0.717, 1.165) is 30.0 Å². The van der Waals surface area contributed by atoms with Crippen LogP contribution in [0.1, 0.15) is 19.4 Å². The summed E-state index contributed by atoms with van der Waals surface area (Å²) in [6.07, 6.45) is 5.25. The fourth-order valence-corrected chi connectivity index (χ4v) is 2.53. The van der Waals surface area contributed by atoms with Gasteiger partial charge in [0.25, 0.3) is 0 Å². The Balaban J connectivity index is 0.00000133. The summed E-state index contributed by atoms with van der Waals surface area (Å²) in [6.45, 7) is 8.86. The number of rotatable bonds is 2. The van der Waals surface area contributed by atoms with E-state index in [1.54, 1.807) is 12.5 Å². The normalized spacial score (nSPS) is 16.7. The number of anilines is 1. The Morgan fingerprint density at radius 3 is 2.53 bits per heavy atom. The third-order valence-electron chi connectivity index (χ3n) is 3.37. The maximum absolute atomic E-state index is 4.53. The van der Waals surface area contributed by atoms with Crippen LogP contribution in [0, 0.1) is 12.3 Å². The first-order valence-corrected chi connectivity index (χ1v) is 6.20. The van der Waals surface area contributed by atoms with Crippen molar-refractivity contribution >= 4 is 5.69 Å². The molecule has 103 valence electrons. The number of imidazole rings is 1. The Morgan fingerprint density at radius 2 is 2.00 bits per heavy atom. The van der Waals surface area contributed by atoms with Crippen LogP contribution in [0.3, 0.4) is 0 Å². The van der Waals surface area contributed by atoms with Crippen molar-refractivity contribution in [2.75, 3.05) is 18.0 Å². The van der Waals surface area contributed by atoms with Crippen LogP contribution < -0.4 is 9.88 Å². The minimum absolute atomic E-state index is 0. The number of hydrogen-bond acceptors (Lipinski definition) is 3. The summed E-state index contributed by atoms with van der Waals surface area (Å²) >= 11 is 0. The fraction of sp³-hybridized carbons (Fsp3) is 0.429. The summed E-state index contributed by atoms with van der Waals surface area (Å²) < 4.78 is 0. The predicted octanol–water partition coefficient (Wildman–Crippen LogP) is 2.25. The van der Waals surface area contributed by atoms with E-state index in [1.807, 2.05) is 6.20 Å². The molecule has 0 saturated carbocycles. The van der Waals surface area contributed by atoms with Crippen LogP contribution in [0.15, 0.2) is 24.8 Å². The first kappa shape index (κ1) is 14.2. The molecule has 0 unspecified atom stereocenters. The SMILES string of the molecule is Cc1cc(N2CC(C)(C)C2)cnc1-c1c[n-]cn1.[Ir]. The van der Waals surface area contributed by atoms with Crippen molar-refractivity contribution < 1.29 is 20.1 Å². The van der Waals surface area contributed by atoms with Gasteiger partial charge < -0.3 is 14.9 Å². The molecule has 0 N–H and O–H groups in total. The van der Waals surface area contributed by atoms with Gasteiger partial charge in [0.15, 0.2) is 0 Å². The molecule has 4 nitrogen and oxygen atoms in total. The number of aromatic nitrogens is 3. The molecule has 0 aromatic carbocycles. The van der Waals surface area contributed by atoms with E-state index in [2.05, 4.69) is 46.7 Å². The maximum Gasteiger partial charge on any atom is 0.0688 e. The number of pyridine rings is 1. The molecule has 1 aliphatic heterocycles. The number of hydrogen-bond donors (Lipinski definition) is 0. The molecular formula is C14H17IrN4-. The number of nitrogens with zero attached hydrogens (tertiary/aromatic N) is 4. The summed E-state index contributed by atoms with van der Waals surface area (Å²) in [5, 5.41) is 0. The monoisotopic (exact) mass is 434 g/mol. The molecule has 0 spiro atoms. The van der Waals surface area contributed by atoms with E-state index in [0.29, 0.717) is 5.41 Å². The predicted molar refractivity (Wildman–Crippen MR) is 71.5 cm³/mol. The van der Waals surface area contributed by atoms with Crippen molar-refractivity contribution in [3.8, 4) is 11.4 Å². The van der Waals surface area contributed by atoms with Gasteiger partial charge in [-0.25, -0.2) is 0 Å². The van der Waals surface area contributed by atoms with E-state index in [4.69, 9.17) is 0 Å². The second-order valence-electron chi connectivity index (χ2n) is 5.79. The average Bonchev–Trinajstić information content (AvgIpc) is 2.79. The third-order valence-corrected chi connectivity index (χ3v) is 3.37. The quantitative estimate of drug-likeness (QED) is 0.729. The third kappa shape index (κ3) is 2.72. The first-order valence-electron chi connectivity index (χ1n) is 6.20. The minimum Gasteiger partial charge on any atom is -0.449 e. The van der Waals surface area contributed by atoms with Crippen LogP contribution >= 0.6 is 0 Å². The molecule has 1 aliphatic rings. The maximum atomic E-state index is 4.53. The van der Waals surface area contributed by atoms with Gasteiger partial charge in [-0.05, 0) is 29.7 Å². The van der Waals surface area contributed by atoms with Gasteiger partial charge in [-0.2, -0.15) is 0 Å². The Morgan fingerprint density at radius 1 is 1.26 bits per heavy atom. The molecule has 1 fully saturated rings. The average molecular weight is 434 g/mol. The van der Waals surface area contributed by atoms with Gasteiger partial charge in [-0.1, -0.05) is 26.4 Å². The van der Waals surface area contributed by atoms with E-state index < -0.39 is 0 Å². The van der Waals surface area contributed by atoms with Gasteiger partial charge in [0.2, 0.25) is 0 Å².